The molecule has 0 amide bonds. The lowest BCUT2D eigenvalue weighted by atomic mass is 9.72. The predicted molar refractivity (Wildman–Crippen MR) is 62.2 cm³/mol. The van der Waals surface area contributed by atoms with Crippen LogP contribution in [0.2, 0.25) is 0 Å². The van der Waals surface area contributed by atoms with Crippen LogP contribution in [0.5, 0.6) is 0 Å². The van der Waals surface area contributed by atoms with E-state index >= 15 is 0 Å². The summed E-state index contributed by atoms with van der Waals surface area (Å²) in [4.78, 5) is 4.29. The third-order valence-corrected chi connectivity index (χ3v) is 3.68. The lowest BCUT2D eigenvalue weighted by Gasteiger charge is -2.45. The van der Waals surface area contributed by atoms with Gasteiger partial charge in [0.05, 0.1) is 12.1 Å². The van der Waals surface area contributed by atoms with Gasteiger partial charge in [-0.05, 0) is 31.0 Å². The molecule has 0 radical (unpaired) electrons. The van der Waals surface area contributed by atoms with Crippen molar-refractivity contribution in [2.24, 2.45) is 11.7 Å². The minimum Gasteiger partial charge on any atom is -0.376 e. The van der Waals surface area contributed by atoms with E-state index in [-0.39, 0.29) is 18.2 Å². The van der Waals surface area contributed by atoms with Gasteiger partial charge in [0.1, 0.15) is 5.82 Å². The van der Waals surface area contributed by atoms with Gasteiger partial charge in [0, 0.05) is 24.8 Å². The standard InChI is InChI=1S/C12H17N3O/c1-7-2-4-14-9(6-7)15-11-10(13)8-3-5-16-12(8)11/h2,4,6,8,10-12H,3,5,13H2,1H3,(H,14,15). The van der Waals surface area contributed by atoms with Crippen LogP contribution in [-0.4, -0.2) is 29.8 Å². The summed E-state index contributed by atoms with van der Waals surface area (Å²) in [6.45, 7) is 2.91. The van der Waals surface area contributed by atoms with E-state index < -0.39 is 0 Å². The van der Waals surface area contributed by atoms with Crippen molar-refractivity contribution in [1.29, 1.82) is 0 Å². The highest BCUT2D eigenvalue weighted by Gasteiger charge is 2.52. The van der Waals surface area contributed by atoms with Gasteiger partial charge >= 0.3 is 0 Å². The Labute approximate surface area is 95.2 Å². The monoisotopic (exact) mass is 219 g/mol. The molecule has 2 aliphatic rings. The number of hydrogen-bond donors (Lipinski definition) is 2. The minimum atomic E-state index is 0.204. The minimum absolute atomic E-state index is 0.204. The van der Waals surface area contributed by atoms with E-state index in [0.717, 1.165) is 18.8 Å². The van der Waals surface area contributed by atoms with Crippen molar-refractivity contribution in [1.82, 2.24) is 4.98 Å². The second kappa shape index (κ2) is 3.71. The van der Waals surface area contributed by atoms with Gasteiger partial charge in [0.25, 0.3) is 0 Å². The Morgan fingerprint density at radius 3 is 3.25 bits per heavy atom. The van der Waals surface area contributed by atoms with E-state index in [1.54, 1.807) is 0 Å². The molecule has 2 fully saturated rings. The maximum absolute atomic E-state index is 6.12. The van der Waals surface area contributed by atoms with Crippen LogP contribution in [0, 0.1) is 12.8 Å². The fraction of sp³-hybridized carbons (Fsp3) is 0.583. The predicted octanol–water partition coefficient (Wildman–Crippen LogP) is 0.917. The van der Waals surface area contributed by atoms with Crippen LogP contribution in [0.1, 0.15) is 12.0 Å². The molecule has 2 heterocycles. The molecule has 86 valence electrons. The number of rotatable bonds is 2. The van der Waals surface area contributed by atoms with E-state index in [4.69, 9.17) is 10.5 Å². The van der Waals surface area contributed by atoms with Crippen LogP contribution in [0.3, 0.4) is 0 Å². The fourth-order valence-electron chi connectivity index (χ4n) is 2.71. The zero-order chi connectivity index (χ0) is 11.1. The quantitative estimate of drug-likeness (QED) is 0.776. The summed E-state index contributed by atoms with van der Waals surface area (Å²) in [5.41, 5.74) is 7.33. The second-order valence-corrected chi connectivity index (χ2v) is 4.75. The van der Waals surface area contributed by atoms with E-state index in [2.05, 4.69) is 17.2 Å². The van der Waals surface area contributed by atoms with Gasteiger partial charge in [0.15, 0.2) is 0 Å². The SMILES string of the molecule is Cc1ccnc(NC2C(N)C3CCOC32)c1. The largest absolute Gasteiger partial charge is 0.376 e. The summed E-state index contributed by atoms with van der Waals surface area (Å²) in [6.07, 6.45) is 3.21. The Morgan fingerprint density at radius 2 is 2.44 bits per heavy atom. The normalized spacial score (nSPS) is 36.6. The molecule has 0 bridgehead atoms. The lowest BCUT2D eigenvalue weighted by molar-refractivity contribution is 0.00524. The Balaban J connectivity index is 1.71. The number of nitrogens with zero attached hydrogens (tertiary/aromatic N) is 1. The van der Waals surface area contributed by atoms with Crippen molar-refractivity contribution in [2.45, 2.75) is 31.5 Å². The van der Waals surface area contributed by atoms with Crippen LogP contribution >= 0.6 is 0 Å². The number of anilines is 1. The summed E-state index contributed by atoms with van der Waals surface area (Å²) < 4.78 is 5.67. The molecule has 4 atom stereocenters. The molecular formula is C12H17N3O. The first-order valence-corrected chi connectivity index (χ1v) is 5.82. The first kappa shape index (κ1) is 10.1. The van der Waals surface area contributed by atoms with Crippen molar-refractivity contribution < 1.29 is 4.74 Å². The molecule has 1 aromatic heterocycles. The van der Waals surface area contributed by atoms with Gasteiger partial charge in [-0.25, -0.2) is 4.98 Å². The van der Waals surface area contributed by atoms with Gasteiger partial charge in [-0.2, -0.15) is 0 Å². The number of nitrogens with two attached hydrogens (primary N) is 1. The van der Waals surface area contributed by atoms with E-state index in [1.807, 2.05) is 18.3 Å². The van der Waals surface area contributed by atoms with E-state index in [0.29, 0.717) is 5.92 Å². The van der Waals surface area contributed by atoms with Gasteiger partial charge < -0.3 is 15.8 Å². The van der Waals surface area contributed by atoms with E-state index in [1.165, 1.54) is 5.56 Å². The van der Waals surface area contributed by atoms with Crippen molar-refractivity contribution in [3.8, 4) is 0 Å². The van der Waals surface area contributed by atoms with Crippen molar-refractivity contribution in [3.05, 3.63) is 23.9 Å². The summed E-state index contributed by atoms with van der Waals surface area (Å²) >= 11 is 0. The van der Waals surface area contributed by atoms with Gasteiger partial charge in [-0.15, -0.1) is 0 Å². The molecule has 4 heteroatoms. The van der Waals surface area contributed by atoms with Gasteiger partial charge in [0.2, 0.25) is 0 Å². The molecule has 1 saturated heterocycles. The number of pyridine rings is 1. The number of ether oxygens (including phenoxy) is 1. The third-order valence-electron chi connectivity index (χ3n) is 3.68. The molecule has 16 heavy (non-hydrogen) atoms. The molecule has 1 aliphatic carbocycles. The first-order valence-electron chi connectivity index (χ1n) is 5.82. The highest BCUT2D eigenvalue weighted by molar-refractivity contribution is 5.40. The second-order valence-electron chi connectivity index (χ2n) is 4.75. The zero-order valence-electron chi connectivity index (χ0n) is 9.39. The summed E-state index contributed by atoms with van der Waals surface area (Å²) in [5, 5.41) is 3.38. The van der Waals surface area contributed by atoms with Crippen LogP contribution < -0.4 is 11.1 Å². The Kier molecular flexibility index (Phi) is 2.33. The van der Waals surface area contributed by atoms with Crippen molar-refractivity contribution >= 4 is 5.82 Å². The Bertz CT molecular complexity index is 396. The topological polar surface area (TPSA) is 60.2 Å². The number of hydrogen-bond acceptors (Lipinski definition) is 4. The third kappa shape index (κ3) is 1.49. The molecule has 1 aliphatic heterocycles. The smallest absolute Gasteiger partial charge is 0.126 e. The number of aromatic nitrogens is 1. The lowest BCUT2D eigenvalue weighted by Crippen LogP contribution is -2.65. The number of fused-ring (bicyclic) bond motifs is 1. The molecule has 1 saturated carbocycles. The molecular weight excluding hydrogens is 202 g/mol. The molecule has 3 N–H and O–H groups in total. The molecule has 3 rings (SSSR count). The molecule has 0 spiro atoms. The van der Waals surface area contributed by atoms with Crippen LogP contribution in [0.25, 0.3) is 0 Å². The highest BCUT2D eigenvalue weighted by Crippen LogP contribution is 2.39. The fourth-order valence-corrected chi connectivity index (χ4v) is 2.71. The van der Waals surface area contributed by atoms with Crippen LogP contribution in [-0.2, 0) is 4.74 Å². The average molecular weight is 219 g/mol. The molecule has 4 unspecified atom stereocenters. The van der Waals surface area contributed by atoms with Crippen molar-refractivity contribution in [3.63, 3.8) is 0 Å². The summed E-state index contributed by atoms with van der Waals surface area (Å²) in [5.74, 6) is 1.44. The highest BCUT2D eigenvalue weighted by atomic mass is 16.5. The first-order chi connectivity index (χ1) is 7.75. The van der Waals surface area contributed by atoms with Gasteiger partial charge in [-0.1, -0.05) is 0 Å². The average Bonchev–Trinajstić information content (AvgIpc) is 2.70. The van der Waals surface area contributed by atoms with Crippen LogP contribution in [0.4, 0.5) is 5.82 Å². The van der Waals surface area contributed by atoms with Crippen molar-refractivity contribution in [2.75, 3.05) is 11.9 Å². The Morgan fingerprint density at radius 1 is 1.56 bits per heavy atom. The molecule has 1 aromatic rings. The number of nitrogens with one attached hydrogen (secondary N) is 1. The molecule has 4 nitrogen and oxygen atoms in total. The maximum atomic E-state index is 6.12. The van der Waals surface area contributed by atoms with E-state index in [9.17, 15) is 0 Å². The summed E-state index contributed by atoms with van der Waals surface area (Å²) in [6, 6.07) is 4.45. The van der Waals surface area contributed by atoms with Crippen LogP contribution in [0.15, 0.2) is 18.3 Å². The molecule has 0 aromatic carbocycles. The summed E-state index contributed by atoms with van der Waals surface area (Å²) in [7, 11) is 0. The number of aryl methyl sites for hydroxylation is 1. The Hall–Kier alpha value is -1.13. The maximum Gasteiger partial charge on any atom is 0.126 e. The zero-order valence-corrected chi connectivity index (χ0v) is 9.39. The van der Waals surface area contributed by atoms with Gasteiger partial charge in [-0.3, -0.25) is 0 Å².